The van der Waals surface area contributed by atoms with Crippen molar-refractivity contribution < 1.29 is 154 Å². The number of hydrogen-bond acceptors (Lipinski definition) is 31. The average molecular weight is 1460 g/mol. The molecule has 28 N–H and O–H groups in total. The maximum Gasteiger partial charge on any atom is 0.327 e. The third-order valence-corrected chi connectivity index (χ3v) is 15.4. The van der Waals surface area contributed by atoms with Crippen LogP contribution < -0.4 is 53.2 Å². The van der Waals surface area contributed by atoms with Crippen molar-refractivity contribution in [2.45, 2.75) is 187 Å². The van der Waals surface area contributed by atoms with Crippen LogP contribution in [0.1, 0.15) is 71.1 Å². The highest BCUT2D eigenvalue weighted by molar-refractivity contribution is 7.80. The van der Waals surface area contributed by atoms with Gasteiger partial charge in [0.1, 0.15) is 97.2 Å². The van der Waals surface area contributed by atoms with E-state index in [1.807, 2.05) is 0 Å². The third kappa shape index (κ3) is 34.3. The van der Waals surface area contributed by atoms with Crippen LogP contribution in [-0.4, -0.2) is 341 Å². The van der Waals surface area contributed by atoms with Crippen molar-refractivity contribution >= 4 is 115 Å². The maximum absolute atomic E-state index is 14.2. The van der Waals surface area contributed by atoms with Gasteiger partial charge in [0.2, 0.25) is 59.1 Å². The summed E-state index contributed by atoms with van der Waals surface area (Å²) in [6.45, 7) is -4.03. The first-order valence-electron chi connectivity index (χ1n) is 29.8. The molecule has 0 aliphatic carbocycles. The highest BCUT2D eigenvalue weighted by Crippen LogP contribution is 2.13. The first-order valence-corrected chi connectivity index (χ1v) is 31.7. The Morgan fingerprint density at radius 2 is 0.515 bits per heavy atom. The molecule has 0 aromatic rings. The van der Waals surface area contributed by atoms with Crippen LogP contribution in [-0.2, 0) is 62.3 Å². The smallest absolute Gasteiger partial charge is 0.327 e. The van der Waals surface area contributed by atoms with E-state index in [9.17, 15) is 139 Å². The van der Waals surface area contributed by atoms with Gasteiger partial charge >= 0.3 is 17.9 Å². The third-order valence-electron chi connectivity index (χ3n) is 14.3. The van der Waals surface area contributed by atoms with Gasteiger partial charge in [0.15, 0.2) is 0 Å². The fourth-order valence-corrected chi connectivity index (χ4v) is 8.90. The van der Waals surface area contributed by atoms with Crippen LogP contribution in [0.15, 0.2) is 0 Å². The Hall–Kier alpha value is -6.44. The molecule has 0 rings (SSSR count). The molecule has 97 heavy (non-hydrogen) atoms. The van der Waals surface area contributed by atoms with Crippen molar-refractivity contribution in [1.82, 2.24) is 53.2 Å². The lowest BCUT2D eigenvalue weighted by Gasteiger charge is -2.27. The summed E-state index contributed by atoms with van der Waals surface area (Å²) in [5, 5.41) is 197. The van der Waals surface area contributed by atoms with E-state index >= 15 is 0 Å². The zero-order valence-electron chi connectivity index (χ0n) is 52.2. The lowest BCUT2D eigenvalue weighted by molar-refractivity contribution is -0.142. The Balaban J connectivity index is 6.99. The van der Waals surface area contributed by atoms with Crippen molar-refractivity contribution in [3.63, 3.8) is 0 Å². The number of carboxylic acid groups (broad SMARTS) is 3. The second-order valence-electron chi connectivity index (χ2n) is 22.0. The van der Waals surface area contributed by atoms with Crippen LogP contribution in [0.3, 0.4) is 0 Å². The lowest BCUT2D eigenvalue weighted by atomic mass is 10.0. The summed E-state index contributed by atoms with van der Waals surface area (Å²) in [6.07, 6.45) is -30.9. The highest BCUT2D eigenvalue weighted by atomic mass is 32.1. The Morgan fingerprint density at radius 1 is 0.299 bits per heavy atom. The van der Waals surface area contributed by atoms with Crippen molar-refractivity contribution in [2.24, 2.45) is 5.92 Å². The molecular weight excluding hydrogens is 1370 g/mol. The van der Waals surface area contributed by atoms with Crippen LogP contribution in [0.2, 0.25) is 0 Å². The Morgan fingerprint density at radius 3 is 0.763 bits per heavy atom. The molecule has 0 spiro atoms. The van der Waals surface area contributed by atoms with Crippen molar-refractivity contribution in [3.8, 4) is 0 Å². The van der Waals surface area contributed by atoms with E-state index in [4.69, 9.17) is 15.3 Å². The van der Waals surface area contributed by atoms with E-state index in [1.165, 1.54) is 6.92 Å². The van der Waals surface area contributed by atoms with Gasteiger partial charge in [-0.25, -0.2) is 4.79 Å². The van der Waals surface area contributed by atoms with Gasteiger partial charge in [0.05, 0.1) is 38.1 Å². The fraction of sp³-hybridized carbons (Fsp3) is 0.755. The van der Waals surface area contributed by atoms with Gasteiger partial charge in [-0.2, -0.15) is 37.9 Å². The molecule has 44 heteroatoms. The zero-order valence-corrected chi connectivity index (χ0v) is 54.9. The summed E-state index contributed by atoms with van der Waals surface area (Å²) in [5.74, 6) is -19.2. The Bertz CT molecular complexity index is 2560. The van der Waals surface area contributed by atoms with E-state index in [1.54, 1.807) is 0 Å². The molecule has 0 aromatic heterocycles. The van der Waals surface area contributed by atoms with Crippen LogP contribution in [0.4, 0.5) is 0 Å². The number of aliphatic carboxylic acids is 3. The summed E-state index contributed by atoms with van der Waals surface area (Å²) in [5.41, 5.74) is 0. The topological polar surface area (TPSA) is 706 Å². The summed E-state index contributed by atoms with van der Waals surface area (Å²) in [6, 6.07) is -13.1. The number of amides is 10. The molecule has 20 atom stereocenters. The summed E-state index contributed by atoms with van der Waals surface area (Å²) >= 11 is 12.0. The molecular formula is C53H92N10O31S3. The number of carbonyl (C=O) groups is 13. The van der Waals surface area contributed by atoms with E-state index < -0.39 is 313 Å². The fourth-order valence-electron chi connectivity index (χ4n) is 8.13. The molecule has 0 unspecified atom stereocenters. The predicted molar refractivity (Wildman–Crippen MR) is 336 cm³/mol. The molecule has 0 aromatic carbocycles. The monoisotopic (exact) mass is 1460 g/mol. The molecule has 558 valence electrons. The molecule has 0 bridgehead atoms. The number of carboxylic acids is 3. The van der Waals surface area contributed by atoms with Gasteiger partial charge in [0.25, 0.3) is 0 Å². The first kappa shape index (κ1) is 90.6. The van der Waals surface area contributed by atoms with E-state index in [0.29, 0.717) is 0 Å². The molecule has 0 saturated carbocycles. The summed E-state index contributed by atoms with van der Waals surface area (Å²) in [4.78, 5) is 171. The number of rotatable bonds is 51. The second kappa shape index (κ2) is 47.5. The first-order chi connectivity index (χ1) is 45.3. The van der Waals surface area contributed by atoms with Crippen molar-refractivity contribution in [1.29, 1.82) is 0 Å². The molecule has 10 amide bonds. The zero-order chi connectivity index (χ0) is 74.6. The van der Waals surface area contributed by atoms with Gasteiger partial charge in [-0.15, -0.1) is 0 Å². The Kier molecular flexibility index (Phi) is 44.4. The largest absolute Gasteiger partial charge is 0.481 e. The highest BCUT2D eigenvalue weighted by Gasteiger charge is 2.37. The van der Waals surface area contributed by atoms with Crippen molar-refractivity contribution in [2.75, 3.05) is 56.7 Å². The summed E-state index contributed by atoms with van der Waals surface area (Å²) in [7, 11) is 0. The molecule has 0 saturated heterocycles. The molecule has 0 aliphatic rings. The van der Waals surface area contributed by atoms with Gasteiger partial charge in [0, 0.05) is 74.9 Å². The van der Waals surface area contributed by atoms with Crippen LogP contribution in [0.5, 0.6) is 0 Å². The standard InChI is InChI=1S/C53H92N10O31S3/c1-21(2-7-35(73)54-12-29(67)40(80)43(83)32(70)15-64)46(86)61-26(18-95)51(91)59-24(5-10-38(76)77)47(87)57-22(3-8-36(74)55-13-30(68)41(81)44(84)33(71)16-65)49(89)62-27(19-96)52(92)60-25(6-11-39(78)79)48(88)58-23(50(90)63-28(20-97)53(93)94)4-9-37(75)56-14-31(69)42(82)45(85)34(72)17-66/h21-34,40-45,64-72,80-85,95-97H,2-20H2,1H3,(H,54,73)(H,55,74)(H,56,75)(H,57,87)(H,58,88)(H,59,91)(H,60,92)(H,61,86)(H,62,89)(H,63,90)(H,76,77)(H,78,79)(H,93,94)/t21-,22-,23-,24-,25-,26-,27-,28-,29-,30-,31-,32+,33+,34+,40+,41+,42+,43+,44+,45+/m0/s1. The molecule has 0 radical (unpaired) electrons. The lowest BCUT2D eigenvalue weighted by Crippen LogP contribution is -2.60. The van der Waals surface area contributed by atoms with Gasteiger partial charge in [-0.3, -0.25) is 57.5 Å². The van der Waals surface area contributed by atoms with Crippen molar-refractivity contribution in [3.05, 3.63) is 0 Å². The summed E-state index contributed by atoms with van der Waals surface area (Å²) < 4.78 is 0. The van der Waals surface area contributed by atoms with Crippen LogP contribution in [0.25, 0.3) is 0 Å². The minimum atomic E-state index is -2.16. The number of aliphatic hydroxyl groups is 15. The minimum Gasteiger partial charge on any atom is -0.481 e. The Labute approximate surface area is 569 Å². The van der Waals surface area contributed by atoms with E-state index in [2.05, 4.69) is 91.1 Å². The molecule has 0 aliphatic heterocycles. The maximum atomic E-state index is 14.2. The van der Waals surface area contributed by atoms with E-state index in [0.717, 1.165) is 0 Å². The predicted octanol–water partition coefficient (Wildman–Crippen LogP) is -14.4. The number of nitrogens with one attached hydrogen (secondary N) is 10. The number of aliphatic hydroxyl groups excluding tert-OH is 15. The van der Waals surface area contributed by atoms with Crippen LogP contribution in [0, 0.1) is 5.92 Å². The minimum absolute atomic E-state index is 0.218. The molecule has 0 heterocycles. The average Bonchev–Trinajstić information content (AvgIpc) is 0.936. The SMILES string of the molecule is C[C@@H](CCC(=O)NC[C@H](O)[C@@H](O)[C@H](O)[C@H](O)CO)C(=O)N[C@@H](CS)C(=O)N[C@@H](CCC(=O)O)C(=O)N[C@@H](CCC(=O)NC[C@H](O)[C@@H](O)[C@H](O)[C@H](O)CO)C(=O)N[C@@H](CS)C(=O)N[C@@H](CCC(=O)O)C(=O)N[C@@H](CCC(=O)NC[C@H](O)[C@@H](O)[C@H](O)[C@H](O)CO)C(=O)N[C@@H](CS)C(=O)O. The van der Waals surface area contributed by atoms with Crippen LogP contribution >= 0.6 is 37.9 Å². The van der Waals surface area contributed by atoms with Gasteiger partial charge < -0.3 is 145 Å². The van der Waals surface area contributed by atoms with Gasteiger partial charge in [-0.05, 0) is 32.1 Å². The number of thiol groups is 3. The molecule has 41 nitrogen and oxygen atoms in total. The number of hydrogen-bond donors (Lipinski definition) is 31. The quantitative estimate of drug-likeness (QED) is 0.0252. The number of carbonyl (C=O) groups excluding carboxylic acids is 10. The van der Waals surface area contributed by atoms with Gasteiger partial charge in [-0.1, -0.05) is 6.92 Å². The second-order valence-corrected chi connectivity index (χ2v) is 23.1. The normalized spacial score (nSPS) is 17.6. The molecule has 0 fully saturated rings. The van der Waals surface area contributed by atoms with E-state index in [-0.39, 0.29) is 6.42 Å².